The summed E-state index contributed by atoms with van der Waals surface area (Å²) in [5, 5.41) is 3.59. The quantitative estimate of drug-likeness (QED) is 0.845. The van der Waals surface area contributed by atoms with E-state index in [0.717, 1.165) is 24.6 Å². The Bertz CT molecular complexity index is 389. The monoisotopic (exact) mass is 217 g/mol. The summed E-state index contributed by atoms with van der Waals surface area (Å²) in [6, 6.07) is 0.672. The minimum Gasteiger partial charge on any atom is -0.367 e. The molecular formula is C13H19N3. The van der Waals surface area contributed by atoms with E-state index in [1.807, 2.05) is 0 Å². The number of hydrogen-bond donors (Lipinski definition) is 1. The first-order chi connectivity index (χ1) is 7.88. The average molecular weight is 217 g/mol. The van der Waals surface area contributed by atoms with Crippen LogP contribution in [0.25, 0.3) is 0 Å². The highest BCUT2D eigenvalue weighted by molar-refractivity contribution is 5.48. The molecule has 0 radical (unpaired) electrons. The summed E-state index contributed by atoms with van der Waals surface area (Å²) >= 11 is 0. The van der Waals surface area contributed by atoms with Crippen LogP contribution < -0.4 is 5.32 Å². The van der Waals surface area contributed by atoms with Gasteiger partial charge in [-0.3, -0.25) is 0 Å². The first-order valence-corrected chi connectivity index (χ1v) is 6.47. The zero-order chi connectivity index (χ0) is 11.0. The Morgan fingerprint density at radius 2 is 2.19 bits per heavy atom. The van der Waals surface area contributed by atoms with Crippen molar-refractivity contribution in [3.05, 3.63) is 17.6 Å². The smallest absolute Gasteiger partial charge is 0.133 e. The Hall–Kier alpha value is -1.12. The Morgan fingerprint density at radius 1 is 1.31 bits per heavy atom. The van der Waals surface area contributed by atoms with Crippen molar-refractivity contribution in [2.45, 2.75) is 51.5 Å². The van der Waals surface area contributed by atoms with E-state index in [1.165, 1.54) is 36.9 Å². The third kappa shape index (κ3) is 1.79. The number of anilines is 1. The summed E-state index contributed by atoms with van der Waals surface area (Å²) in [6.07, 6.45) is 9.17. The molecule has 0 saturated heterocycles. The first-order valence-electron chi connectivity index (χ1n) is 6.47. The number of hydrogen-bond acceptors (Lipinski definition) is 3. The van der Waals surface area contributed by atoms with Crippen molar-refractivity contribution < 1.29 is 0 Å². The molecule has 1 aromatic rings. The predicted molar refractivity (Wildman–Crippen MR) is 64.5 cm³/mol. The maximum atomic E-state index is 4.42. The van der Waals surface area contributed by atoms with Crippen LogP contribution in [0.4, 0.5) is 5.82 Å². The Balaban J connectivity index is 1.79. The summed E-state index contributed by atoms with van der Waals surface area (Å²) in [6.45, 7) is 2.27. The molecule has 1 heterocycles. The van der Waals surface area contributed by atoms with E-state index in [9.17, 15) is 0 Å². The zero-order valence-electron chi connectivity index (χ0n) is 9.87. The lowest BCUT2D eigenvalue weighted by atomic mass is 9.96. The Kier molecular flexibility index (Phi) is 2.54. The number of rotatable bonds is 3. The van der Waals surface area contributed by atoms with E-state index in [1.54, 1.807) is 6.33 Å². The van der Waals surface area contributed by atoms with Crippen LogP contribution in [0.3, 0.4) is 0 Å². The van der Waals surface area contributed by atoms with Gasteiger partial charge in [-0.05, 0) is 38.0 Å². The summed E-state index contributed by atoms with van der Waals surface area (Å²) in [7, 11) is 0. The van der Waals surface area contributed by atoms with Gasteiger partial charge in [0.05, 0.1) is 0 Å². The standard InChI is InChI=1S/C13H19N3/c1-2-9-7-12(9)16-13-10-5-3-4-6-11(10)14-8-15-13/h8-9,12H,2-7H2,1H3,(H,14,15,16). The van der Waals surface area contributed by atoms with Crippen LogP contribution >= 0.6 is 0 Å². The molecular weight excluding hydrogens is 198 g/mol. The van der Waals surface area contributed by atoms with Crippen molar-refractivity contribution in [2.24, 2.45) is 5.92 Å². The fraction of sp³-hybridized carbons (Fsp3) is 0.692. The molecule has 0 amide bonds. The van der Waals surface area contributed by atoms with Crippen molar-refractivity contribution in [3.63, 3.8) is 0 Å². The molecule has 2 unspecified atom stereocenters. The van der Waals surface area contributed by atoms with Crippen LogP contribution in [0.15, 0.2) is 6.33 Å². The van der Waals surface area contributed by atoms with Gasteiger partial charge in [0.2, 0.25) is 0 Å². The molecule has 0 aromatic carbocycles. The van der Waals surface area contributed by atoms with Crippen LogP contribution in [0.1, 0.15) is 43.9 Å². The highest BCUT2D eigenvalue weighted by atomic mass is 15.1. The molecule has 3 rings (SSSR count). The van der Waals surface area contributed by atoms with Gasteiger partial charge in [0, 0.05) is 17.3 Å². The van der Waals surface area contributed by atoms with Gasteiger partial charge in [-0.2, -0.15) is 0 Å². The summed E-state index contributed by atoms with van der Waals surface area (Å²) in [5.74, 6) is 1.99. The number of nitrogens with one attached hydrogen (secondary N) is 1. The minimum atomic E-state index is 0.672. The van der Waals surface area contributed by atoms with E-state index in [0.29, 0.717) is 6.04 Å². The van der Waals surface area contributed by atoms with Gasteiger partial charge in [-0.15, -0.1) is 0 Å². The maximum Gasteiger partial charge on any atom is 0.133 e. The molecule has 2 atom stereocenters. The molecule has 1 fully saturated rings. The van der Waals surface area contributed by atoms with Crippen molar-refractivity contribution in [3.8, 4) is 0 Å². The van der Waals surface area contributed by atoms with Gasteiger partial charge in [-0.1, -0.05) is 13.3 Å². The van der Waals surface area contributed by atoms with Crippen molar-refractivity contribution in [2.75, 3.05) is 5.32 Å². The summed E-state index contributed by atoms with van der Waals surface area (Å²) < 4.78 is 0. The van der Waals surface area contributed by atoms with Gasteiger partial charge in [-0.25, -0.2) is 9.97 Å². The molecule has 0 aliphatic heterocycles. The third-order valence-electron chi connectivity index (χ3n) is 3.89. The number of aryl methyl sites for hydroxylation is 1. The summed E-state index contributed by atoms with van der Waals surface area (Å²) in [5.41, 5.74) is 2.66. The molecule has 3 heteroatoms. The van der Waals surface area contributed by atoms with Gasteiger partial charge in [0.25, 0.3) is 0 Å². The van der Waals surface area contributed by atoms with E-state index in [-0.39, 0.29) is 0 Å². The third-order valence-corrected chi connectivity index (χ3v) is 3.89. The van der Waals surface area contributed by atoms with E-state index in [2.05, 4.69) is 22.2 Å². The number of nitrogens with zero attached hydrogens (tertiary/aromatic N) is 2. The van der Waals surface area contributed by atoms with Gasteiger partial charge in [0.15, 0.2) is 0 Å². The maximum absolute atomic E-state index is 4.42. The fourth-order valence-electron chi connectivity index (χ4n) is 2.70. The van der Waals surface area contributed by atoms with Crippen molar-refractivity contribution >= 4 is 5.82 Å². The lowest BCUT2D eigenvalue weighted by Gasteiger charge is -2.18. The van der Waals surface area contributed by atoms with E-state index < -0.39 is 0 Å². The predicted octanol–water partition coefficient (Wildman–Crippen LogP) is 2.57. The van der Waals surface area contributed by atoms with Gasteiger partial charge >= 0.3 is 0 Å². The molecule has 2 aliphatic carbocycles. The van der Waals surface area contributed by atoms with Gasteiger partial charge in [0.1, 0.15) is 12.1 Å². The lowest BCUT2D eigenvalue weighted by Crippen LogP contribution is -2.14. The van der Waals surface area contributed by atoms with Crippen LogP contribution in [-0.4, -0.2) is 16.0 Å². The van der Waals surface area contributed by atoms with Crippen molar-refractivity contribution in [1.82, 2.24) is 9.97 Å². The highest BCUT2D eigenvalue weighted by Gasteiger charge is 2.36. The fourth-order valence-corrected chi connectivity index (χ4v) is 2.70. The summed E-state index contributed by atoms with van der Waals surface area (Å²) in [4.78, 5) is 8.81. The Labute approximate surface area is 96.7 Å². The molecule has 2 aliphatic rings. The van der Waals surface area contributed by atoms with Crippen LogP contribution in [0.5, 0.6) is 0 Å². The second-order valence-corrected chi connectivity index (χ2v) is 5.01. The molecule has 1 N–H and O–H groups in total. The van der Waals surface area contributed by atoms with Crippen LogP contribution in [-0.2, 0) is 12.8 Å². The van der Waals surface area contributed by atoms with Crippen LogP contribution in [0.2, 0.25) is 0 Å². The second-order valence-electron chi connectivity index (χ2n) is 5.01. The molecule has 0 bridgehead atoms. The molecule has 16 heavy (non-hydrogen) atoms. The molecule has 86 valence electrons. The molecule has 3 nitrogen and oxygen atoms in total. The SMILES string of the molecule is CCC1CC1Nc1ncnc2c1CCCC2. The number of aromatic nitrogens is 2. The molecule has 1 aromatic heterocycles. The first kappa shape index (κ1) is 10.1. The van der Waals surface area contributed by atoms with E-state index >= 15 is 0 Å². The highest BCUT2D eigenvalue weighted by Crippen LogP contribution is 2.37. The molecule has 1 saturated carbocycles. The minimum absolute atomic E-state index is 0.672. The second kappa shape index (κ2) is 4.04. The van der Waals surface area contributed by atoms with Gasteiger partial charge < -0.3 is 5.32 Å². The van der Waals surface area contributed by atoms with Crippen LogP contribution in [0, 0.1) is 5.92 Å². The van der Waals surface area contributed by atoms with Crippen molar-refractivity contribution in [1.29, 1.82) is 0 Å². The van der Waals surface area contributed by atoms with E-state index in [4.69, 9.17) is 0 Å². The lowest BCUT2D eigenvalue weighted by molar-refractivity contribution is 0.662. The average Bonchev–Trinajstić information content (AvgIpc) is 3.08. The zero-order valence-corrected chi connectivity index (χ0v) is 9.87. The topological polar surface area (TPSA) is 37.8 Å². The largest absolute Gasteiger partial charge is 0.367 e. The Morgan fingerprint density at radius 3 is 3.00 bits per heavy atom. The molecule has 0 spiro atoms. The number of fused-ring (bicyclic) bond motifs is 1. The normalized spacial score (nSPS) is 27.3.